The number of para-hydroxylation sites is 1. The number of nitriles is 1. The quantitative estimate of drug-likeness (QED) is 0.656. The smallest absolute Gasteiger partial charge is 0.262 e. The van der Waals surface area contributed by atoms with Gasteiger partial charge in [0, 0.05) is 5.56 Å². The molecule has 1 heterocycles. The van der Waals surface area contributed by atoms with Gasteiger partial charge in [-0.2, -0.15) is 5.26 Å². The van der Waals surface area contributed by atoms with E-state index in [-0.39, 0.29) is 18.2 Å². The molecule has 1 aromatic heterocycles. The highest BCUT2D eigenvalue weighted by Crippen LogP contribution is 2.22. The van der Waals surface area contributed by atoms with Crippen LogP contribution in [-0.4, -0.2) is 12.0 Å². The third-order valence-corrected chi connectivity index (χ3v) is 2.95. The highest BCUT2D eigenvalue weighted by atomic mass is 16.5. The maximum absolute atomic E-state index is 12.1. The van der Waals surface area contributed by atoms with E-state index in [0.717, 1.165) is 0 Å². The number of benzene rings is 1. The van der Waals surface area contributed by atoms with E-state index < -0.39 is 5.91 Å². The maximum atomic E-state index is 12.1. The van der Waals surface area contributed by atoms with Gasteiger partial charge in [-0.15, -0.1) is 0 Å². The first-order valence-corrected chi connectivity index (χ1v) is 7.28. The van der Waals surface area contributed by atoms with Gasteiger partial charge in [0.25, 0.3) is 5.91 Å². The number of nitrogens with one attached hydrogen (secondary N) is 1. The minimum absolute atomic E-state index is 0.00265. The van der Waals surface area contributed by atoms with Crippen LogP contribution in [0, 0.1) is 11.3 Å². The van der Waals surface area contributed by atoms with Gasteiger partial charge in [-0.1, -0.05) is 18.2 Å². The van der Waals surface area contributed by atoms with Crippen molar-refractivity contribution >= 4 is 12.0 Å². The summed E-state index contributed by atoms with van der Waals surface area (Å²) in [6.45, 7) is 4.07. The Hall–Kier alpha value is -3.00. The second kappa shape index (κ2) is 7.85. The fourth-order valence-electron chi connectivity index (χ4n) is 1.94. The van der Waals surface area contributed by atoms with Gasteiger partial charge in [-0.05, 0) is 38.1 Å². The van der Waals surface area contributed by atoms with Gasteiger partial charge in [-0.3, -0.25) is 4.79 Å². The SMILES string of the molecule is CC(C)Oc1ccccc1/C=C(/C#N)C(=O)NCc1ccco1. The molecule has 2 aromatic rings. The fraction of sp³-hybridized carbons (Fsp3) is 0.222. The van der Waals surface area contributed by atoms with Gasteiger partial charge in [0.1, 0.15) is 23.2 Å². The molecule has 1 aromatic carbocycles. The highest BCUT2D eigenvalue weighted by Gasteiger charge is 2.11. The van der Waals surface area contributed by atoms with Crippen LogP contribution in [0.4, 0.5) is 0 Å². The second-order valence-electron chi connectivity index (χ2n) is 5.14. The molecule has 0 unspecified atom stereocenters. The molecule has 0 spiro atoms. The molecule has 118 valence electrons. The summed E-state index contributed by atoms with van der Waals surface area (Å²) in [6.07, 6.45) is 3.06. The lowest BCUT2D eigenvalue weighted by Crippen LogP contribution is -2.23. The predicted octanol–water partition coefficient (Wildman–Crippen LogP) is 3.29. The van der Waals surface area contributed by atoms with Crippen LogP contribution >= 0.6 is 0 Å². The van der Waals surface area contributed by atoms with Gasteiger partial charge in [0.05, 0.1) is 18.9 Å². The van der Waals surface area contributed by atoms with Gasteiger partial charge < -0.3 is 14.5 Å². The molecule has 0 aliphatic rings. The third kappa shape index (κ3) is 4.75. The first-order valence-electron chi connectivity index (χ1n) is 7.28. The summed E-state index contributed by atoms with van der Waals surface area (Å²) >= 11 is 0. The number of amides is 1. The minimum atomic E-state index is -0.455. The Morgan fingerprint density at radius 3 is 2.78 bits per heavy atom. The van der Waals surface area contributed by atoms with Crippen LogP contribution in [0.1, 0.15) is 25.2 Å². The van der Waals surface area contributed by atoms with E-state index in [0.29, 0.717) is 17.1 Å². The largest absolute Gasteiger partial charge is 0.490 e. The zero-order valence-electron chi connectivity index (χ0n) is 13.1. The third-order valence-electron chi connectivity index (χ3n) is 2.95. The van der Waals surface area contributed by atoms with Crippen molar-refractivity contribution in [1.82, 2.24) is 5.32 Å². The Morgan fingerprint density at radius 2 is 2.13 bits per heavy atom. The fourth-order valence-corrected chi connectivity index (χ4v) is 1.94. The number of nitrogens with zero attached hydrogens (tertiary/aromatic N) is 1. The molecule has 0 radical (unpaired) electrons. The van der Waals surface area contributed by atoms with Gasteiger partial charge in [0.2, 0.25) is 0 Å². The summed E-state index contributed by atoms with van der Waals surface area (Å²) in [6, 6.07) is 12.7. The molecule has 0 fully saturated rings. The molecule has 1 amide bonds. The molecular formula is C18H18N2O3. The van der Waals surface area contributed by atoms with E-state index in [9.17, 15) is 10.1 Å². The molecular weight excluding hydrogens is 292 g/mol. The molecule has 0 atom stereocenters. The maximum Gasteiger partial charge on any atom is 0.262 e. The molecule has 2 rings (SSSR count). The van der Waals surface area contributed by atoms with Crippen LogP contribution < -0.4 is 10.1 Å². The minimum Gasteiger partial charge on any atom is -0.490 e. The summed E-state index contributed by atoms with van der Waals surface area (Å²) < 4.78 is 10.8. The first-order chi connectivity index (χ1) is 11.1. The molecule has 0 saturated carbocycles. The summed E-state index contributed by atoms with van der Waals surface area (Å²) in [4.78, 5) is 12.1. The molecule has 0 aliphatic heterocycles. The lowest BCUT2D eigenvalue weighted by Gasteiger charge is -2.12. The van der Waals surface area contributed by atoms with E-state index >= 15 is 0 Å². The highest BCUT2D eigenvalue weighted by molar-refractivity contribution is 6.01. The predicted molar refractivity (Wildman–Crippen MR) is 86.4 cm³/mol. The second-order valence-corrected chi connectivity index (χ2v) is 5.14. The molecule has 5 nitrogen and oxygen atoms in total. The van der Waals surface area contributed by atoms with Crippen LogP contribution in [-0.2, 0) is 11.3 Å². The average molecular weight is 310 g/mol. The van der Waals surface area contributed by atoms with Gasteiger partial charge >= 0.3 is 0 Å². The topological polar surface area (TPSA) is 75.3 Å². The zero-order chi connectivity index (χ0) is 16.7. The van der Waals surface area contributed by atoms with Crippen LogP contribution in [0.5, 0.6) is 5.75 Å². The number of furan rings is 1. The summed E-state index contributed by atoms with van der Waals surface area (Å²) in [5.74, 6) is 0.802. The summed E-state index contributed by atoms with van der Waals surface area (Å²) in [5, 5.41) is 11.9. The van der Waals surface area contributed by atoms with Crippen molar-refractivity contribution in [2.75, 3.05) is 0 Å². The molecule has 0 saturated heterocycles. The van der Waals surface area contributed by atoms with Crippen molar-refractivity contribution in [1.29, 1.82) is 5.26 Å². The number of rotatable bonds is 6. The Kier molecular flexibility index (Phi) is 5.59. The number of carbonyl (C=O) groups is 1. The lowest BCUT2D eigenvalue weighted by atomic mass is 10.1. The molecule has 0 aliphatic carbocycles. The average Bonchev–Trinajstić information content (AvgIpc) is 3.04. The molecule has 5 heteroatoms. The van der Waals surface area contributed by atoms with E-state index in [1.165, 1.54) is 12.3 Å². The Morgan fingerprint density at radius 1 is 1.35 bits per heavy atom. The summed E-state index contributed by atoms with van der Waals surface area (Å²) in [7, 11) is 0. The van der Waals surface area contributed by atoms with Crippen LogP contribution in [0.25, 0.3) is 6.08 Å². The number of hydrogen-bond donors (Lipinski definition) is 1. The van der Waals surface area contributed by atoms with Crippen molar-refractivity contribution in [3.05, 3.63) is 59.6 Å². The van der Waals surface area contributed by atoms with Crippen LogP contribution in [0.15, 0.2) is 52.7 Å². The van der Waals surface area contributed by atoms with E-state index in [4.69, 9.17) is 9.15 Å². The van der Waals surface area contributed by atoms with Crippen molar-refractivity contribution in [3.8, 4) is 11.8 Å². The van der Waals surface area contributed by atoms with E-state index in [1.54, 1.807) is 18.2 Å². The van der Waals surface area contributed by atoms with Crippen LogP contribution in [0.3, 0.4) is 0 Å². The monoisotopic (exact) mass is 310 g/mol. The normalized spacial score (nSPS) is 11.1. The number of carbonyl (C=O) groups excluding carboxylic acids is 1. The number of ether oxygens (including phenoxy) is 1. The Labute approximate surface area is 135 Å². The standard InChI is InChI=1S/C18H18N2O3/c1-13(2)23-17-8-4-3-6-14(17)10-15(11-19)18(21)20-12-16-7-5-9-22-16/h3-10,13H,12H2,1-2H3,(H,20,21)/b15-10-. The van der Waals surface area contributed by atoms with Crippen molar-refractivity contribution in [2.45, 2.75) is 26.5 Å². The molecule has 0 bridgehead atoms. The lowest BCUT2D eigenvalue weighted by molar-refractivity contribution is -0.117. The Bertz CT molecular complexity index is 725. The molecule has 1 N–H and O–H groups in total. The summed E-state index contributed by atoms with van der Waals surface area (Å²) in [5.41, 5.74) is 0.697. The number of hydrogen-bond acceptors (Lipinski definition) is 4. The molecule has 23 heavy (non-hydrogen) atoms. The Balaban J connectivity index is 2.15. The first kappa shape index (κ1) is 16.4. The van der Waals surface area contributed by atoms with Crippen molar-refractivity contribution < 1.29 is 13.9 Å². The van der Waals surface area contributed by atoms with Crippen molar-refractivity contribution in [3.63, 3.8) is 0 Å². The zero-order valence-corrected chi connectivity index (χ0v) is 13.1. The van der Waals surface area contributed by atoms with Crippen molar-refractivity contribution in [2.24, 2.45) is 0 Å². The van der Waals surface area contributed by atoms with E-state index in [1.807, 2.05) is 38.1 Å². The van der Waals surface area contributed by atoms with Gasteiger partial charge in [-0.25, -0.2) is 0 Å². The van der Waals surface area contributed by atoms with Crippen LogP contribution in [0.2, 0.25) is 0 Å². The van der Waals surface area contributed by atoms with Gasteiger partial charge in [0.15, 0.2) is 0 Å². The van der Waals surface area contributed by atoms with E-state index in [2.05, 4.69) is 5.32 Å².